The average Bonchev–Trinajstić information content (AvgIpc) is 3.16. The van der Waals surface area contributed by atoms with E-state index in [1.54, 1.807) is 0 Å². The molecule has 2 unspecified atom stereocenters. The molecule has 0 spiro atoms. The molecule has 0 aromatic carbocycles. The Bertz CT molecular complexity index is 443. The standard InChI is InChI=1S/C11H22N2.C10H20N2/c1-5-10-9-12(7-3)11(6-2)13(10)8-4;1-5-9-8-11(4)10(6-2)12(9)7-3/h9,11H,5-8H2,1-4H3;8,10H,5-7H2,1-4H3. The van der Waals surface area contributed by atoms with Gasteiger partial charge in [0.25, 0.3) is 0 Å². The molecule has 0 aliphatic carbocycles. The summed E-state index contributed by atoms with van der Waals surface area (Å²) in [6.07, 6.45) is 10.5. The van der Waals surface area contributed by atoms with Gasteiger partial charge in [-0.1, -0.05) is 27.7 Å². The largest absolute Gasteiger partial charge is 0.359 e. The maximum atomic E-state index is 2.52. The van der Waals surface area contributed by atoms with Crippen LogP contribution in [0.25, 0.3) is 0 Å². The van der Waals surface area contributed by atoms with Crippen molar-refractivity contribution in [3.63, 3.8) is 0 Å². The summed E-state index contributed by atoms with van der Waals surface area (Å²) >= 11 is 0. The third-order valence-electron chi connectivity index (χ3n) is 5.48. The monoisotopic (exact) mass is 350 g/mol. The van der Waals surface area contributed by atoms with Gasteiger partial charge in [-0.2, -0.15) is 0 Å². The molecule has 25 heavy (non-hydrogen) atoms. The van der Waals surface area contributed by atoms with Crippen LogP contribution in [-0.4, -0.2) is 58.6 Å². The summed E-state index contributed by atoms with van der Waals surface area (Å²) in [5.41, 5.74) is 2.98. The number of rotatable bonds is 7. The fourth-order valence-corrected chi connectivity index (χ4v) is 4.21. The van der Waals surface area contributed by atoms with Gasteiger partial charge in [0.2, 0.25) is 0 Å². The van der Waals surface area contributed by atoms with Crippen molar-refractivity contribution in [1.82, 2.24) is 19.6 Å². The van der Waals surface area contributed by atoms with Crippen LogP contribution in [0.3, 0.4) is 0 Å². The van der Waals surface area contributed by atoms with Gasteiger partial charge in [-0.25, -0.2) is 0 Å². The summed E-state index contributed by atoms with van der Waals surface area (Å²) in [5, 5.41) is 0. The highest BCUT2D eigenvalue weighted by atomic mass is 15.4. The zero-order valence-corrected chi connectivity index (χ0v) is 18.0. The first-order chi connectivity index (χ1) is 12.0. The molecule has 0 amide bonds. The molecule has 0 N–H and O–H groups in total. The third kappa shape index (κ3) is 4.86. The van der Waals surface area contributed by atoms with Crippen molar-refractivity contribution in [3.8, 4) is 0 Å². The van der Waals surface area contributed by atoms with Crippen molar-refractivity contribution in [1.29, 1.82) is 0 Å². The molecule has 0 aromatic heterocycles. The van der Waals surface area contributed by atoms with E-state index in [-0.39, 0.29) is 0 Å². The molecular weight excluding hydrogens is 308 g/mol. The van der Waals surface area contributed by atoms with E-state index in [9.17, 15) is 0 Å². The molecule has 2 heterocycles. The Kier molecular flexibility index (Phi) is 9.23. The van der Waals surface area contributed by atoms with Crippen molar-refractivity contribution in [2.75, 3.05) is 26.7 Å². The van der Waals surface area contributed by atoms with E-state index in [2.05, 4.69) is 87.5 Å². The third-order valence-corrected chi connectivity index (χ3v) is 5.48. The molecule has 2 rings (SSSR count). The molecule has 2 aliphatic heterocycles. The first-order valence-corrected chi connectivity index (χ1v) is 10.4. The van der Waals surface area contributed by atoms with Crippen molar-refractivity contribution in [3.05, 3.63) is 23.8 Å². The minimum atomic E-state index is 0.602. The van der Waals surface area contributed by atoms with Crippen molar-refractivity contribution >= 4 is 0 Å². The lowest BCUT2D eigenvalue weighted by molar-refractivity contribution is 0.148. The fourth-order valence-electron chi connectivity index (χ4n) is 4.21. The van der Waals surface area contributed by atoms with Gasteiger partial charge in [-0.3, -0.25) is 0 Å². The molecule has 146 valence electrons. The van der Waals surface area contributed by atoms with Crippen molar-refractivity contribution < 1.29 is 0 Å². The minimum Gasteiger partial charge on any atom is -0.359 e. The highest BCUT2D eigenvalue weighted by molar-refractivity contribution is 5.09. The summed E-state index contributed by atoms with van der Waals surface area (Å²) < 4.78 is 0. The highest BCUT2D eigenvalue weighted by Gasteiger charge is 2.27. The van der Waals surface area contributed by atoms with E-state index < -0.39 is 0 Å². The molecule has 0 aromatic rings. The molecule has 0 saturated carbocycles. The Morgan fingerprint density at radius 3 is 1.56 bits per heavy atom. The predicted octanol–water partition coefficient (Wildman–Crippen LogP) is 4.87. The summed E-state index contributed by atoms with van der Waals surface area (Å²) in [6.45, 7) is 19.1. The topological polar surface area (TPSA) is 13.0 Å². The maximum absolute atomic E-state index is 2.52. The Morgan fingerprint density at radius 1 is 0.680 bits per heavy atom. The van der Waals surface area contributed by atoms with Crippen LogP contribution in [0.5, 0.6) is 0 Å². The van der Waals surface area contributed by atoms with Crippen LogP contribution in [0.15, 0.2) is 23.8 Å². The summed E-state index contributed by atoms with van der Waals surface area (Å²) in [6, 6.07) is 0. The lowest BCUT2D eigenvalue weighted by atomic mass is 10.3. The first-order valence-electron chi connectivity index (χ1n) is 10.4. The van der Waals surface area contributed by atoms with Crippen LogP contribution >= 0.6 is 0 Å². The Balaban J connectivity index is 0.000000251. The SMILES string of the molecule is CCC1=CN(C)C(CC)N1CC.CCC1=CN(CC)C(CC)N1CC. The molecule has 2 aliphatic rings. The Hall–Kier alpha value is -1.32. The van der Waals surface area contributed by atoms with E-state index in [4.69, 9.17) is 0 Å². The minimum absolute atomic E-state index is 0.602. The number of nitrogens with zero attached hydrogens (tertiary/aromatic N) is 4. The molecule has 4 nitrogen and oxygen atoms in total. The van der Waals surface area contributed by atoms with E-state index in [1.165, 1.54) is 24.2 Å². The lowest BCUT2D eigenvalue weighted by Gasteiger charge is -2.32. The Labute approximate surface area is 157 Å². The first kappa shape index (κ1) is 21.7. The smallest absolute Gasteiger partial charge is 0.101 e. The van der Waals surface area contributed by atoms with Crippen LogP contribution in [0.4, 0.5) is 0 Å². The second-order valence-electron chi connectivity index (χ2n) is 6.79. The average molecular weight is 351 g/mol. The van der Waals surface area contributed by atoms with Gasteiger partial charge in [0.15, 0.2) is 0 Å². The predicted molar refractivity (Wildman–Crippen MR) is 110 cm³/mol. The number of hydrogen-bond donors (Lipinski definition) is 0. The van der Waals surface area contributed by atoms with Gasteiger partial charge < -0.3 is 19.6 Å². The van der Waals surface area contributed by atoms with Gasteiger partial charge >= 0.3 is 0 Å². The van der Waals surface area contributed by atoms with Crippen LogP contribution in [0, 0.1) is 0 Å². The number of hydrogen-bond acceptors (Lipinski definition) is 4. The van der Waals surface area contributed by atoms with E-state index in [0.29, 0.717) is 12.3 Å². The molecule has 2 atom stereocenters. The Morgan fingerprint density at radius 2 is 1.16 bits per heavy atom. The fraction of sp³-hybridized carbons (Fsp3) is 0.810. The summed E-state index contributed by atoms with van der Waals surface area (Å²) in [5.74, 6) is 0. The van der Waals surface area contributed by atoms with Gasteiger partial charge in [-0.15, -0.1) is 0 Å². The van der Waals surface area contributed by atoms with Crippen molar-refractivity contribution in [2.24, 2.45) is 0 Å². The number of allylic oxidation sites excluding steroid dienone is 2. The zero-order chi connectivity index (χ0) is 19.0. The van der Waals surface area contributed by atoms with E-state index >= 15 is 0 Å². The van der Waals surface area contributed by atoms with Crippen LogP contribution in [0.1, 0.15) is 74.1 Å². The van der Waals surface area contributed by atoms with Crippen molar-refractivity contribution in [2.45, 2.75) is 86.5 Å². The normalized spacial score (nSPS) is 22.9. The lowest BCUT2D eigenvalue weighted by Crippen LogP contribution is -2.38. The van der Waals surface area contributed by atoms with Crippen LogP contribution < -0.4 is 0 Å². The summed E-state index contributed by atoms with van der Waals surface area (Å²) in [4.78, 5) is 9.77. The van der Waals surface area contributed by atoms with E-state index in [0.717, 1.165) is 32.5 Å². The van der Waals surface area contributed by atoms with Gasteiger partial charge in [-0.05, 0) is 46.5 Å². The van der Waals surface area contributed by atoms with Crippen LogP contribution in [-0.2, 0) is 0 Å². The molecule has 0 bridgehead atoms. The van der Waals surface area contributed by atoms with Gasteiger partial charge in [0.05, 0.1) is 0 Å². The summed E-state index contributed by atoms with van der Waals surface area (Å²) in [7, 11) is 2.17. The molecule has 0 radical (unpaired) electrons. The van der Waals surface area contributed by atoms with Gasteiger partial charge in [0.1, 0.15) is 12.3 Å². The quantitative estimate of drug-likeness (QED) is 0.649. The van der Waals surface area contributed by atoms with E-state index in [1.807, 2.05) is 0 Å². The second-order valence-corrected chi connectivity index (χ2v) is 6.79. The molecule has 0 fully saturated rings. The second kappa shape index (κ2) is 10.6. The molecule has 4 heteroatoms. The molecule has 0 saturated heterocycles. The maximum Gasteiger partial charge on any atom is 0.101 e. The van der Waals surface area contributed by atoms with Gasteiger partial charge in [0, 0.05) is 50.5 Å². The molecular formula is C21H42N4. The van der Waals surface area contributed by atoms with Crippen LogP contribution in [0.2, 0.25) is 0 Å². The zero-order valence-electron chi connectivity index (χ0n) is 18.0. The highest BCUT2D eigenvalue weighted by Crippen LogP contribution is 2.26.